The smallest absolute Gasteiger partial charge is 0.269 e. The first-order chi connectivity index (χ1) is 12.5. The number of hydrogen-bond donors (Lipinski definition) is 0. The van der Waals surface area contributed by atoms with Crippen LogP contribution < -0.4 is 0 Å². The van der Waals surface area contributed by atoms with Gasteiger partial charge in [0.25, 0.3) is 11.6 Å². The van der Waals surface area contributed by atoms with Gasteiger partial charge in [0, 0.05) is 35.8 Å². The van der Waals surface area contributed by atoms with Crippen LogP contribution in [0.15, 0.2) is 48.5 Å². The second kappa shape index (κ2) is 8.29. The molecule has 1 amide bonds. The first-order valence-electron chi connectivity index (χ1n) is 8.43. The van der Waals surface area contributed by atoms with Crippen molar-refractivity contribution >= 4 is 23.2 Å². The van der Waals surface area contributed by atoms with Gasteiger partial charge in [-0.2, -0.15) is 0 Å². The van der Waals surface area contributed by atoms with Crippen molar-refractivity contribution in [3.63, 3.8) is 0 Å². The third kappa shape index (κ3) is 4.59. The lowest BCUT2D eigenvalue weighted by Gasteiger charge is -2.32. The molecule has 0 N–H and O–H groups in total. The fraction of sp³-hybridized carbons (Fsp3) is 0.316. The topological polar surface area (TPSA) is 72.7 Å². The number of nitro groups is 1. The van der Waals surface area contributed by atoms with E-state index in [4.69, 9.17) is 16.3 Å². The van der Waals surface area contributed by atoms with Crippen LogP contribution in [-0.2, 0) is 11.3 Å². The highest BCUT2D eigenvalue weighted by molar-refractivity contribution is 6.30. The summed E-state index contributed by atoms with van der Waals surface area (Å²) < 4.78 is 5.95. The summed E-state index contributed by atoms with van der Waals surface area (Å²) in [6, 6.07) is 13.2. The second-order valence-electron chi connectivity index (χ2n) is 6.26. The SMILES string of the molecule is O=C(c1ccc([N+](=O)[O-])cc1)N1CCCC(OCc2cccc(Cl)c2)C1. The Balaban J connectivity index is 1.58. The molecular formula is C19H19ClN2O4. The fourth-order valence-corrected chi connectivity index (χ4v) is 3.22. The monoisotopic (exact) mass is 374 g/mol. The Kier molecular flexibility index (Phi) is 5.85. The molecule has 0 aliphatic carbocycles. The molecule has 7 heteroatoms. The van der Waals surface area contributed by atoms with Gasteiger partial charge in [-0.15, -0.1) is 0 Å². The van der Waals surface area contributed by atoms with Crippen LogP contribution >= 0.6 is 11.6 Å². The van der Waals surface area contributed by atoms with Crippen molar-refractivity contribution in [2.24, 2.45) is 0 Å². The lowest BCUT2D eigenvalue weighted by atomic mass is 10.1. The number of amides is 1. The van der Waals surface area contributed by atoms with E-state index in [9.17, 15) is 14.9 Å². The van der Waals surface area contributed by atoms with Gasteiger partial charge >= 0.3 is 0 Å². The van der Waals surface area contributed by atoms with E-state index in [-0.39, 0.29) is 17.7 Å². The largest absolute Gasteiger partial charge is 0.372 e. The van der Waals surface area contributed by atoms with E-state index < -0.39 is 4.92 Å². The summed E-state index contributed by atoms with van der Waals surface area (Å²) in [5, 5.41) is 11.4. The van der Waals surface area contributed by atoms with E-state index in [0.29, 0.717) is 30.3 Å². The molecule has 1 aliphatic rings. The van der Waals surface area contributed by atoms with Crippen molar-refractivity contribution < 1.29 is 14.5 Å². The number of nitrogens with zero attached hydrogens (tertiary/aromatic N) is 2. The highest BCUT2D eigenvalue weighted by Gasteiger charge is 2.25. The summed E-state index contributed by atoms with van der Waals surface area (Å²) in [6.45, 7) is 1.62. The van der Waals surface area contributed by atoms with Gasteiger partial charge in [-0.3, -0.25) is 14.9 Å². The molecule has 26 heavy (non-hydrogen) atoms. The molecule has 0 spiro atoms. The minimum Gasteiger partial charge on any atom is -0.372 e. The van der Waals surface area contributed by atoms with E-state index in [0.717, 1.165) is 18.4 Å². The number of carbonyl (C=O) groups excluding carboxylic acids is 1. The van der Waals surface area contributed by atoms with E-state index in [1.165, 1.54) is 24.3 Å². The predicted molar refractivity (Wildman–Crippen MR) is 98.3 cm³/mol. The summed E-state index contributed by atoms with van der Waals surface area (Å²) in [4.78, 5) is 24.6. The highest BCUT2D eigenvalue weighted by atomic mass is 35.5. The third-order valence-corrected chi connectivity index (χ3v) is 4.60. The number of likely N-dealkylation sites (tertiary alicyclic amines) is 1. The molecule has 1 fully saturated rings. The zero-order valence-corrected chi connectivity index (χ0v) is 14.9. The number of piperidine rings is 1. The van der Waals surface area contributed by atoms with E-state index in [1.54, 1.807) is 4.90 Å². The zero-order valence-electron chi connectivity index (χ0n) is 14.1. The van der Waals surface area contributed by atoms with Crippen molar-refractivity contribution in [2.75, 3.05) is 13.1 Å². The van der Waals surface area contributed by atoms with Crippen LogP contribution in [0.1, 0.15) is 28.8 Å². The van der Waals surface area contributed by atoms with Gasteiger partial charge in [0.1, 0.15) is 0 Å². The molecule has 1 aliphatic heterocycles. The predicted octanol–water partition coefficient (Wildman–Crippen LogP) is 4.07. The molecule has 6 nitrogen and oxygen atoms in total. The van der Waals surface area contributed by atoms with Crippen LogP contribution in [-0.4, -0.2) is 34.9 Å². The number of hydrogen-bond acceptors (Lipinski definition) is 4. The first kappa shape index (κ1) is 18.4. The Morgan fingerprint density at radius 3 is 2.73 bits per heavy atom. The summed E-state index contributed by atoms with van der Waals surface area (Å²) in [5.74, 6) is -0.129. The molecule has 2 aromatic carbocycles. The standard InChI is InChI=1S/C19H19ClN2O4/c20-16-4-1-3-14(11-16)13-26-18-5-2-10-21(12-18)19(23)15-6-8-17(9-7-15)22(24)25/h1,3-4,6-9,11,18H,2,5,10,12-13H2. The normalized spacial score (nSPS) is 17.1. The summed E-state index contributed by atoms with van der Waals surface area (Å²) in [7, 11) is 0. The molecule has 0 bridgehead atoms. The van der Waals surface area contributed by atoms with Crippen molar-refractivity contribution in [3.8, 4) is 0 Å². The Morgan fingerprint density at radius 1 is 1.27 bits per heavy atom. The van der Waals surface area contributed by atoms with Gasteiger partial charge < -0.3 is 9.64 Å². The van der Waals surface area contributed by atoms with E-state index in [1.807, 2.05) is 24.3 Å². The minimum atomic E-state index is -0.477. The second-order valence-corrected chi connectivity index (χ2v) is 6.70. The van der Waals surface area contributed by atoms with Gasteiger partial charge in [0.2, 0.25) is 0 Å². The van der Waals surface area contributed by atoms with Crippen LogP contribution in [0, 0.1) is 10.1 Å². The number of nitro benzene ring substituents is 1. The van der Waals surface area contributed by atoms with Gasteiger partial charge in [0.15, 0.2) is 0 Å². The number of ether oxygens (including phenoxy) is 1. The van der Waals surface area contributed by atoms with Crippen LogP contribution in [0.25, 0.3) is 0 Å². The van der Waals surface area contributed by atoms with Crippen LogP contribution in [0.4, 0.5) is 5.69 Å². The van der Waals surface area contributed by atoms with Gasteiger partial charge in [-0.05, 0) is 42.7 Å². The van der Waals surface area contributed by atoms with E-state index >= 15 is 0 Å². The molecular weight excluding hydrogens is 356 g/mol. The van der Waals surface area contributed by atoms with Gasteiger partial charge in [0.05, 0.1) is 17.6 Å². The van der Waals surface area contributed by atoms with Crippen molar-refractivity contribution in [3.05, 3.63) is 74.8 Å². The van der Waals surface area contributed by atoms with Crippen LogP contribution in [0.2, 0.25) is 5.02 Å². The molecule has 0 aromatic heterocycles. The Labute approximate surface area is 156 Å². The molecule has 3 rings (SSSR count). The molecule has 136 valence electrons. The minimum absolute atomic E-state index is 0.0251. The Bertz CT molecular complexity index is 794. The maximum atomic E-state index is 12.6. The van der Waals surface area contributed by atoms with Crippen molar-refractivity contribution in [1.29, 1.82) is 0 Å². The van der Waals surface area contributed by atoms with E-state index in [2.05, 4.69) is 0 Å². The average Bonchev–Trinajstić information content (AvgIpc) is 2.66. The lowest BCUT2D eigenvalue weighted by molar-refractivity contribution is -0.384. The average molecular weight is 375 g/mol. The number of benzene rings is 2. The molecule has 1 atom stereocenters. The quantitative estimate of drug-likeness (QED) is 0.584. The zero-order chi connectivity index (χ0) is 18.5. The maximum absolute atomic E-state index is 12.6. The molecule has 1 saturated heterocycles. The first-order valence-corrected chi connectivity index (χ1v) is 8.80. The van der Waals surface area contributed by atoms with Crippen molar-refractivity contribution in [2.45, 2.75) is 25.6 Å². The molecule has 1 unspecified atom stereocenters. The maximum Gasteiger partial charge on any atom is 0.269 e. The van der Waals surface area contributed by atoms with Gasteiger partial charge in [-0.25, -0.2) is 0 Å². The Hall–Kier alpha value is -2.44. The van der Waals surface area contributed by atoms with Crippen LogP contribution in [0.3, 0.4) is 0 Å². The molecule has 2 aromatic rings. The highest BCUT2D eigenvalue weighted by Crippen LogP contribution is 2.20. The third-order valence-electron chi connectivity index (χ3n) is 4.37. The lowest BCUT2D eigenvalue weighted by Crippen LogP contribution is -2.43. The summed E-state index contributed by atoms with van der Waals surface area (Å²) in [6.07, 6.45) is 1.72. The number of halogens is 1. The number of carbonyl (C=O) groups is 1. The van der Waals surface area contributed by atoms with Crippen molar-refractivity contribution in [1.82, 2.24) is 4.90 Å². The molecule has 1 heterocycles. The molecule has 0 radical (unpaired) electrons. The number of non-ortho nitro benzene ring substituents is 1. The fourth-order valence-electron chi connectivity index (χ4n) is 3.01. The number of rotatable bonds is 5. The van der Waals surface area contributed by atoms with Gasteiger partial charge in [-0.1, -0.05) is 23.7 Å². The molecule has 0 saturated carbocycles. The summed E-state index contributed by atoms with van der Waals surface area (Å²) in [5.41, 5.74) is 1.42. The summed E-state index contributed by atoms with van der Waals surface area (Å²) >= 11 is 5.98. The Morgan fingerprint density at radius 2 is 2.04 bits per heavy atom. The van der Waals surface area contributed by atoms with Crippen LogP contribution in [0.5, 0.6) is 0 Å².